The fourth-order valence-electron chi connectivity index (χ4n) is 2.69. The minimum absolute atomic E-state index is 0.116. The summed E-state index contributed by atoms with van der Waals surface area (Å²) in [4.78, 5) is 34.3. The quantitative estimate of drug-likeness (QED) is 0.269. The van der Waals surface area contributed by atoms with E-state index in [-0.39, 0.29) is 28.8 Å². The third-order valence-electron chi connectivity index (χ3n) is 4.41. The van der Waals surface area contributed by atoms with Gasteiger partial charge in [0.15, 0.2) is 6.61 Å². The number of halogens is 1. The van der Waals surface area contributed by atoms with Gasteiger partial charge in [-0.1, -0.05) is 11.6 Å². The molecule has 11 heteroatoms. The predicted molar refractivity (Wildman–Crippen MR) is 127 cm³/mol. The molecule has 0 spiro atoms. The van der Waals surface area contributed by atoms with Gasteiger partial charge in [0, 0.05) is 23.4 Å². The molecule has 0 aliphatic heterocycles. The van der Waals surface area contributed by atoms with E-state index in [9.17, 15) is 19.7 Å². The van der Waals surface area contributed by atoms with Gasteiger partial charge in [-0.3, -0.25) is 19.7 Å². The Morgan fingerprint density at radius 2 is 1.79 bits per heavy atom. The number of nitrogens with one attached hydrogen (secondary N) is 2. The second-order valence-electron chi connectivity index (χ2n) is 6.76. The maximum Gasteiger partial charge on any atom is 0.271 e. The predicted octanol–water partition coefficient (Wildman–Crippen LogP) is 4.04. The number of nitrogens with zero attached hydrogens (tertiary/aromatic N) is 2. The molecule has 0 saturated carbocycles. The summed E-state index contributed by atoms with van der Waals surface area (Å²) >= 11 is 6.21. The zero-order valence-corrected chi connectivity index (χ0v) is 18.6. The van der Waals surface area contributed by atoms with Crippen molar-refractivity contribution >= 4 is 41.0 Å². The van der Waals surface area contributed by atoms with E-state index in [1.165, 1.54) is 30.5 Å². The lowest BCUT2D eigenvalue weighted by Crippen LogP contribution is -2.20. The topological polar surface area (TPSA) is 132 Å². The van der Waals surface area contributed by atoms with Crippen LogP contribution in [0, 0.1) is 10.1 Å². The summed E-state index contributed by atoms with van der Waals surface area (Å²) < 4.78 is 10.5. The smallest absolute Gasteiger partial charge is 0.271 e. The number of hydrogen-bond donors (Lipinski definition) is 2. The van der Waals surface area contributed by atoms with Crippen LogP contribution in [0.2, 0.25) is 5.02 Å². The van der Waals surface area contributed by atoms with Crippen molar-refractivity contribution < 1.29 is 24.0 Å². The Morgan fingerprint density at radius 3 is 2.41 bits per heavy atom. The average molecular weight is 483 g/mol. The number of carbonyl (C=O) groups excluding carboxylic acids is 2. The summed E-state index contributed by atoms with van der Waals surface area (Å²) in [5.74, 6) is 0.0927. The molecule has 0 aliphatic rings. The fraction of sp³-hybridized carbons (Fsp3) is 0.0870. The number of rotatable bonds is 9. The Hall–Kier alpha value is -4.44. The van der Waals surface area contributed by atoms with Crippen molar-refractivity contribution in [1.29, 1.82) is 0 Å². The molecule has 174 valence electrons. The van der Waals surface area contributed by atoms with Crippen LogP contribution in [0.1, 0.15) is 15.9 Å². The van der Waals surface area contributed by atoms with Gasteiger partial charge in [0.2, 0.25) is 0 Å². The van der Waals surface area contributed by atoms with Crippen LogP contribution in [-0.2, 0) is 4.79 Å². The van der Waals surface area contributed by atoms with E-state index in [1.54, 1.807) is 49.6 Å². The first-order valence-electron chi connectivity index (χ1n) is 9.80. The highest BCUT2D eigenvalue weighted by atomic mass is 35.5. The first-order valence-corrected chi connectivity index (χ1v) is 10.2. The normalized spacial score (nSPS) is 10.5. The van der Waals surface area contributed by atoms with E-state index in [0.717, 1.165) is 0 Å². The van der Waals surface area contributed by atoms with Crippen molar-refractivity contribution in [3.63, 3.8) is 0 Å². The Labute approximate surface area is 199 Å². The monoisotopic (exact) mass is 482 g/mol. The zero-order valence-electron chi connectivity index (χ0n) is 17.9. The van der Waals surface area contributed by atoms with E-state index >= 15 is 0 Å². The molecule has 0 heterocycles. The second-order valence-corrected chi connectivity index (χ2v) is 7.17. The van der Waals surface area contributed by atoms with Gasteiger partial charge < -0.3 is 14.8 Å². The number of amides is 2. The van der Waals surface area contributed by atoms with Crippen LogP contribution >= 0.6 is 11.6 Å². The molecule has 10 nitrogen and oxygen atoms in total. The molecule has 0 bridgehead atoms. The minimum atomic E-state index is -0.551. The number of non-ortho nitro benzene ring substituents is 1. The Morgan fingerprint density at radius 1 is 1.09 bits per heavy atom. The van der Waals surface area contributed by atoms with Gasteiger partial charge in [-0.15, -0.1) is 0 Å². The maximum atomic E-state index is 12.1. The van der Waals surface area contributed by atoms with Crippen molar-refractivity contribution in [3.05, 3.63) is 93.0 Å². The van der Waals surface area contributed by atoms with Crippen LogP contribution in [-0.4, -0.2) is 36.7 Å². The number of hydrazone groups is 1. The molecule has 0 atom stereocenters. The Balaban J connectivity index is 1.50. The van der Waals surface area contributed by atoms with Crippen LogP contribution in [0.4, 0.5) is 11.4 Å². The minimum Gasteiger partial charge on any atom is -0.497 e. The van der Waals surface area contributed by atoms with Crippen molar-refractivity contribution in [2.24, 2.45) is 5.10 Å². The van der Waals surface area contributed by atoms with Gasteiger partial charge in [0.25, 0.3) is 17.5 Å². The summed E-state index contributed by atoms with van der Waals surface area (Å²) in [5.41, 5.74) is 3.60. The number of methoxy groups -OCH3 is 1. The molecule has 3 aromatic rings. The number of hydrogen-bond acceptors (Lipinski definition) is 7. The lowest BCUT2D eigenvalue weighted by molar-refractivity contribution is -0.384. The highest BCUT2D eigenvalue weighted by Crippen LogP contribution is 2.25. The highest BCUT2D eigenvalue weighted by Gasteiger charge is 2.09. The lowest BCUT2D eigenvalue weighted by atomic mass is 10.2. The molecule has 2 N–H and O–H groups in total. The third-order valence-corrected chi connectivity index (χ3v) is 4.70. The third kappa shape index (κ3) is 6.78. The van der Waals surface area contributed by atoms with E-state index < -0.39 is 10.8 Å². The summed E-state index contributed by atoms with van der Waals surface area (Å²) in [7, 11) is 1.56. The lowest BCUT2D eigenvalue weighted by Gasteiger charge is -2.09. The van der Waals surface area contributed by atoms with Crippen LogP contribution in [0.5, 0.6) is 11.5 Å². The zero-order chi connectivity index (χ0) is 24.5. The largest absolute Gasteiger partial charge is 0.497 e. The van der Waals surface area contributed by atoms with Crippen molar-refractivity contribution in [2.75, 3.05) is 19.0 Å². The SMILES string of the molecule is COc1ccc(NC(=O)COc2ccc(/C=N/NC(=O)c3ccc([N+](=O)[O-])cc3)cc2Cl)cc1. The number of carbonyl (C=O) groups is 2. The summed E-state index contributed by atoms with van der Waals surface area (Å²) in [6.45, 7) is -0.246. The van der Waals surface area contributed by atoms with Gasteiger partial charge in [-0.25, -0.2) is 5.43 Å². The molecular formula is C23H19ClN4O6. The van der Waals surface area contributed by atoms with Crippen LogP contribution in [0.3, 0.4) is 0 Å². The van der Waals surface area contributed by atoms with Gasteiger partial charge in [-0.2, -0.15) is 5.10 Å². The highest BCUT2D eigenvalue weighted by molar-refractivity contribution is 6.32. The molecule has 2 amide bonds. The molecule has 0 aromatic heterocycles. The van der Waals surface area contributed by atoms with Gasteiger partial charge in [-0.05, 0) is 60.2 Å². The number of benzene rings is 3. The molecule has 3 aromatic carbocycles. The molecule has 0 unspecified atom stereocenters. The van der Waals surface area contributed by atoms with Gasteiger partial charge in [0.1, 0.15) is 11.5 Å². The summed E-state index contributed by atoms with van der Waals surface area (Å²) in [6.07, 6.45) is 1.37. The average Bonchev–Trinajstić information content (AvgIpc) is 2.84. The number of anilines is 1. The Bertz CT molecular complexity index is 1210. The number of nitro groups is 1. The number of nitro benzene ring substituents is 1. The first-order chi connectivity index (χ1) is 16.4. The second kappa shape index (κ2) is 11.4. The number of ether oxygens (including phenoxy) is 2. The van der Waals surface area contributed by atoms with E-state index in [2.05, 4.69) is 15.8 Å². The summed E-state index contributed by atoms with van der Waals surface area (Å²) in [5, 5.41) is 17.5. The maximum absolute atomic E-state index is 12.1. The standard InChI is InChI=1S/C23H19ClN4O6/c1-33-19-9-5-17(6-10-19)26-22(29)14-34-21-11-2-15(12-20(21)24)13-25-27-23(30)16-3-7-18(8-4-16)28(31)32/h2-13H,14H2,1H3,(H,26,29)(H,27,30)/b25-13+. The molecule has 0 fully saturated rings. The molecule has 0 radical (unpaired) electrons. The van der Waals surface area contributed by atoms with Gasteiger partial charge >= 0.3 is 0 Å². The molecule has 0 aliphatic carbocycles. The fourth-order valence-corrected chi connectivity index (χ4v) is 2.94. The molecular weight excluding hydrogens is 464 g/mol. The van der Waals surface area contributed by atoms with Crippen LogP contribution in [0.25, 0.3) is 0 Å². The van der Waals surface area contributed by atoms with Crippen LogP contribution < -0.4 is 20.2 Å². The van der Waals surface area contributed by atoms with E-state index in [4.69, 9.17) is 21.1 Å². The Kier molecular flexibility index (Phi) is 8.14. The van der Waals surface area contributed by atoms with Crippen LogP contribution in [0.15, 0.2) is 71.8 Å². The van der Waals surface area contributed by atoms with Crippen molar-refractivity contribution in [3.8, 4) is 11.5 Å². The molecule has 0 saturated heterocycles. The van der Waals surface area contributed by atoms with Crippen molar-refractivity contribution in [1.82, 2.24) is 5.43 Å². The van der Waals surface area contributed by atoms with Crippen molar-refractivity contribution in [2.45, 2.75) is 0 Å². The summed E-state index contributed by atoms with van der Waals surface area (Å²) in [6, 6.07) is 16.8. The first kappa shape index (κ1) is 24.2. The van der Waals surface area contributed by atoms with Gasteiger partial charge in [0.05, 0.1) is 23.3 Å². The van der Waals surface area contributed by atoms with E-state index in [1.807, 2.05) is 0 Å². The molecule has 34 heavy (non-hydrogen) atoms. The van der Waals surface area contributed by atoms with E-state index in [0.29, 0.717) is 22.7 Å². The molecule has 3 rings (SSSR count).